The maximum Gasteiger partial charge on any atom is 0.0121 e. The normalized spacial score (nSPS) is 29.7. The zero-order valence-electron chi connectivity index (χ0n) is 8.28. The Morgan fingerprint density at radius 3 is 2.45 bits per heavy atom. The van der Waals surface area contributed by atoms with E-state index in [0.717, 1.165) is 12.0 Å². The molecule has 0 bridgehead atoms. The molecular formula is C10H21N. The van der Waals surface area contributed by atoms with Gasteiger partial charge in [0, 0.05) is 6.04 Å². The van der Waals surface area contributed by atoms with Gasteiger partial charge in [-0.05, 0) is 30.7 Å². The second kappa shape index (κ2) is 3.14. The second-order valence-corrected chi connectivity index (χ2v) is 4.87. The standard InChI is InChI=1S/C10H21N/c1-8(2)7-9-10(3,4)5-6-11-9/h8-9,11H,5-7H2,1-4H3. The van der Waals surface area contributed by atoms with Gasteiger partial charge in [0.1, 0.15) is 0 Å². The minimum Gasteiger partial charge on any atom is -0.313 e. The van der Waals surface area contributed by atoms with Crippen LogP contribution in [0, 0.1) is 11.3 Å². The number of hydrogen-bond donors (Lipinski definition) is 1. The highest BCUT2D eigenvalue weighted by Gasteiger charge is 2.33. The van der Waals surface area contributed by atoms with E-state index in [0.29, 0.717) is 5.41 Å². The van der Waals surface area contributed by atoms with Crippen molar-refractivity contribution in [2.75, 3.05) is 6.54 Å². The molecule has 1 saturated heterocycles. The van der Waals surface area contributed by atoms with Crippen LogP contribution >= 0.6 is 0 Å². The molecule has 0 spiro atoms. The SMILES string of the molecule is CC(C)CC1NCCC1(C)C. The molecule has 1 N–H and O–H groups in total. The molecule has 11 heavy (non-hydrogen) atoms. The Balaban J connectivity index is 2.45. The lowest BCUT2D eigenvalue weighted by Crippen LogP contribution is -2.33. The molecule has 1 unspecified atom stereocenters. The Morgan fingerprint density at radius 2 is 2.09 bits per heavy atom. The van der Waals surface area contributed by atoms with Crippen LogP contribution in [-0.2, 0) is 0 Å². The van der Waals surface area contributed by atoms with Crippen molar-refractivity contribution in [2.24, 2.45) is 11.3 Å². The lowest BCUT2D eigenvalue weighted by atomic mass is 9.81. The third kappa shape index (κ3) is 2.19. The van der Waals surface area contributed by atoms with Crippen molar-refractivity contribution in [3.8, 4) is 0 Å². The van der Waals surface area contributed by atoms with Crippen LogP contribution in [0.3, 0.4) is 0 Å². The fourth-order valence-corrected chi connectivity index (χ4v) is 1.89. The summed E-state index contributed by atoms with van der Waals surface area (Å²) in [5.41, 5.74) is 0.532. The number of hydrogen-bond acceptors (Lipinski definition) is 1. The van der Waals surface area contributed by atoms with Gasteiger partial charge in [-0.2, -0.15) is 0 Å². The van der Waals surface area contributed by atoms with E-state index in [1.54, 1.807) is 0 Å². The van der Waals surface area contributed by atoms with Gasteiger partial charge in [0.15, 0.2) is 0 Å². The van der Waals surface area contributed by atoms with Crippen molar-refractivity contribution in [1.82, 2.24) is 5.32 Å². The fourth-order valence-electron chi connectivity index (χ4n) is 1.89. The van der Waals surface area contributed by atoms with E-state index in [2.05, 4.69) is 33.0 Å². The van der Waals surface area contributed by atoms with Gasteiger partial charge >= 0.3 is 0 Å². The van der Waals surface area contributed by atoms with Crippen LogP contribution in [-0.4, -0.2) is 12.6 Å². The van der Waals surface area contributed by atoms with Crippen LogP contribution in [0.4, 0.5) is 0 Å². The molecule has 1 nitrogen and oxygen atoms in total. The zero-order chi connectivity index (χ0) is 8.48. The van der Waals surface area contributed by atoms with Crippen molar-refractivity contribution >= 4 is 0 Å². The first kappa shape index (κ1) is 9.05. The Bertz CT molecular complexity index is 127. The summed E-state index contributed by atoms with van der Waals surface area (Å²) in [7, 11) is 0. The molecule has 0 amide bonds. The van der Waals surface area contributed by atoms with E-state index < -0.39 is 0 Å². The van der Waals surface area contributed by atoms with Crippen LogP contribution in [0.5, 0.6) is 0 Å². The second-order valence-electron chi connectivity index (χ2n) is 4.87. The first-order valence-electron chi connectivity index (χ1n) is 4.76. The molecule has 1 rings (SSSR count). The minimum absolute atomic E-state index is 0.532. The van der Waals surface area contributed by atoms with Crippen LogP contribution < -0.4 is 5.32 Å². The van der Waals surface area contributed by atoms with Gasteiger partial charge in [-0.25, -0.2) is 0 Å². The van der Waals surface area contributed by atoms with Crippen LogP contribution in [0.2, 0.25) is 0 Å². The largest absolute Gasteiger partial charge is 0.313 e. The van der Waals surface area contributed by atoms with Crippen LogP contribution in [0.1, 0.15) is 40.5 Å². The zero-order valence-corrected chi connectivity index (χ0v) is 8.28. The molecule has 0 aromatic rings. The highest BCUT2D eigenvalue weighted by Crippen LogP contribution is 2.32. The predicted molar refractivity (Wildman–Crippen MR) is 49.6 cm³/mol. The lowest BCUT2D eigenvalue weighted by molar-refractivity contribution is 0.276. The van der Waals surface area contributed by atoms with E-state index >= 15 is 0 Å². The molecule has 0 saturated carbocycles. The Hall–Kier alpha value is -0.0400. The lowest BCUT2D eigenvalue weighted by Gasteiger charge is -2.27. The van der Waals surface area contributed by atoms with Gasteiger partial charge in [-0.1, -0.05) is 27.7 Å². The van der Waals surface area contributed by atoms with E-state index in [1.165, 1.54) is 19.4 Å². The summed E-state index contributed by atoms with van der Waals surface area (Å²) in [4.78, 5) is 0. The van der Waals surface area contributed by atoms with Crippen molar-refractivity contribution < 1.29 is 0 Å². The molecule has 0 aromatic heterocycles. The maximum atomic E-state index is 3.58. The summed E-state index contributed by atoms with van der Waals surface area (Å²) in [5.74, 6) is 0.824. The molecule has 1 fully saturated rings. The maximum absolute atomic E-state index is 3.58. The Labute approximate surface area is 70.6 Å². The van der Waals surface area contributed by atoms with Gasteiger partial charge < -0.3 is 5.32 Å². The first-order valence-corrected chi connectivity index (χ1v) is 4.76. The van der Waals surface area contributed by atoms with Crippen molar-refractivity contribution in [1.29, 1.82) is 0 Å². The third-order valence-corrected chi connectivity index (χ3v) is 2.81. The first-order chi connectivity index (χ1) is 5.02. The Kier molecular flexibility index (Phi) is 2.58. The van der Waals surface area contributed by atoms with Crippen molar-refractivity contribution in [2.45, 2.75) is 46.6 Å². The van der Waals surface area contributed by atoms with Crippen molar-refractivity contribution in [3.63, 3.8) is 0 Å². The molecule has 1 atom stereocenters. The molecule has 1 aliphatic heterocycles. The highest BCUT2D eigenvalue weighted by molar-refractivity contribution is 4.90. The molecular weight excluding hydrogens is 134 g/mol. The molecule has 0 aliphatic carbocycles. The van der Waals surface area contributed by atoms with Crippen LogP contribution in [0.25, 0.3) is 0 Å². The van der Waals surface area contributed by atoms with Gasteiger partial charge in [0.2, 0.25) is 0 Å². The average molecular weight is 155 g/mol. The van der Waals surface area contributed by atoms with E-state index in [4.69, 9.17) is 0 Å². The molecule has 1 aliphatic rings. The predicted octanol–water partition coefficient (Wildman–Crippen LogP) is 2.42. The van der Waals surface area contributed by atoms with E-state index in [-0.39, 0.29) is 0 Å². The highest BCUT2D eigenvalue weighted by atomic mass is 15.0. The fraction of sp³-hybridized carbons (Fsp3) is 1.00. The number of nitrogens with one attached hydrogen (secondary N) is 1. The summed E-state index contributed by atoms with van der Waals surface area (Å²) in [6.45, 7) is 10.6. The molecule has 0 radical (unpaired) electrons. The number of rotatable bonds is 2. The van der Waals surface area contributed by atoms with Gasteiger partial charge in [-0.3, -0.25) is 0 Å². The third-order valence-electron chi connectivity index (χ3n) is 2.81. The quantitative estimate of drug-likeness (QED) is 0.645. The van der Waals surface area contributed by atoms with Gasteiger partial charge in [0.05, 0.1) is 0 Å². The summed E-state index contributed by atoms with van der Waals surface area (Å²) in [6, 6.07) is 0.752. The summed E-state index contributed by atoms with van der Waals surface area (Å²) in [5, 5.41) is 3.58. The summed E-state index contributed by atoms with van der Waals surface area (Å²) in [6.07, 6.45) is 2.66. The topological polar surface area (TPSA) is 12.0 Å². The molecule has 66 valence electrons. The monoisotopic (exact) mass is 155 g/mol. The molecule has 1 heterocycles. The summed E-state index contributed by atoms with van der Waals surface area (Å²) < 4.78 is 0. The van der Waals surface area contributed by atoms with Crippen molar-refractivity contribution in [3.05, 3.63) is 0 Å². The molecule has 1 heteroatoms. The smallest absolute Gasteiger partial charge is 0.0121 e. The van der Waals surface area contributed by atoms with Gasteiger partial charge in [0.25, 0.3) is 0 Å². The Morgan fingerprint density at radius 1 is 1.45 bits per heavy atom. The minimum atomic E-state index is 0.532. The average Bonchev–Trinajstić information content (AvgIpc) is 2.10. The van der Waals surface area contributed by atoms with E-state index in [9.17, 15) is 0 Å². The summed E-state index contributed by atoms with van der Waals surface area (Å²) >= 11 is 0. The van der Waals surface area contributed by atoms with Gasteiger partial charge in [-0.15, -0.1) is 0 Å². The molecule has 0 aromatic carbocycles. The van der Waals surface area contributed by atoms with E-state index in [1.807, 2.05) is 0 Å². The van der Waals surface area contributed by atoms with Crippen LogP contribution in [0.15, 0.2) is 0 Å².